The van der Waals surface area contributed by atoms with Gasteiger partial charge < -0.3 is 16.0 Å². The lowest BCUT2D eigenvalue weighted by Gasteiger charge is -2.28. The third-order valence-electron chi connectivity index (χ3n) is 3.03. The van der Waals surface area contributed by atoms with Gasteiger partial charge in [0, 0.05) is 31.5 Å². The smallest absolute Gasteiger partial charge is 0.223 e. The Morgan fingerprint density at radius 2 is 2.16 bits per heavy atom. The molecule has 6 heteroatoms. The molecule has 0 amide bonds. The third-order valence-corrected chi connectivity index (χ3v) is 3.74. The molecular formula is C13H25N5S. The summed E-state index contributed by atoms with van der Waals surface area (Å²) in [6.07, 6.45) is 4.26. The molecule has 0 aliphatic carbocycles. The van der Waals surface area contributed by atoms with Gasteiger partial charge in [0.05, 0.1) is 0 Å². The number of anilines is 3. The number of rotatable bonds is 8. The molecule has 1 aromatic heterocycles. The van der Waals surface area contributed by atoms with E-state index in [1.165, 1.54) is 0 Å². The maximum Gasteiger partial charge on any atom is 0.223 e. The van der Waals surface area contributed by atoms with Gasteiger partial charge in [-0.2, -0.15) is 21.7 Å². The lowest BCUT2D eigenvalue weighted by molar-refractivity contribution is 0.666. The summed E-state index contributed by atoms with van der Waals surface area (Å²) in [6, 6.07) is 2.43. The summed E-state index contributed by atoms with van der Waals surface area (Å²) >= 11 is 1.85. The largest absolute Gasteiger partial charge is 0.370 e. The van der Waals surface area contributed by atoms with Crippen LogP contribution < -0.4 is 16.0 Å². The molecule has 0 aliphatic heterocycles. The van der Waals surface area contributed by atoms with Crippen LogP contribution in [-0.4, -0.2) is 41.6 Å². The van der Waals surface area contributed by atoms with Gasteiger partial charge in [-0.15, -0.1) is 0 Å². The van der Waals surface area contributed by atoms with Gasteiger partial charge in [0.25, 0.3) is 0 Å². The zero-order valence-corrected chi connectivity index (χ0v) is 13.1. The van der Waals surface area contributed by atoms with Crippen LogP contribution in [0.3, 0.4) is 0 Å². The standard InChI is InChI=1S/C13H25N5S/c1-5-7-15-11-8-12(17-13(14)16-11)18(3)10(6-2)9-19-4/h8,10H,5-7,9H2,1-4H3,(H3,14,15,16,17). The highest BCUT2D eigenvalue weighted by Gasteiger charge is 2.15. The Hall–Kier alpha value is -1.17. The molecule has 0 bridgehead atoms. The zero-order chi connectivity index (χ0) is 14.3. The maximum atomic E-state index is 5.79. The molecule has 1 heterocycles. The van der Waals surface area contributed by atoms with Gasteiger partial charge in [-0.1, -0.05) is 13.8 Å². The van der Waals surface area contributed by atoms with Crippen molar-refractivity contribution in [2.45, 2.75) is 32.7 Å². The van der Waals surface area contributed by atoms with Crippen molar-refractivity contribution in [3.8, 4) is 0 Å². The molecule has 0 saturated carbocycles. The lowest BCUT2D eigenvalue weighted by Crippen LogP contribution is -2.34. The van der Waals surface area contributed by atoms with Crippen molar-refractivity contribution in [3.05, 3.63) is 6.07 Å². The first-order valence-corrected chi connectivity index (χ1v) is 8.11. The molecule has 0 radical (unpaired) electrons. The van der Waals surface area contributed by atoms with Gasteiger partial charge in [0.15, 0.2) is 0 Å². The molecule has 1 rings (SSSR count). The molecule has 108 valence electrons. The highest BCUT2D eigenvalue weighted by molar-refractivity contribution is 7.98. The molecule has 0 aromatic carbocycles. The molecular weight excluding hydrogens is 258 g/mol. The number of nitrogens with one attached hydrogen (secondary N) is 1. The van der Waals surface area contributed by atoms with Crippen molar-refractivity contribution in [1.29, 1.82) is 0 Å². The van der Waals surface area contributed by atoms with E-state index in [-0.39, 0.29) is 0 Å². The molecule has 19 heavy (non-hydrogen) atoms. The van der Waals surface area contributed by atoms with Crippen LogP contribution in [-0.2, 0) is 0 Å². The molecule has 0 saturated heterocycles. The zero-order valence-electron chi connectivity index (χ0n) is 12.3. The molecule has 0 spiro atoms. The maximum absolute atomic E-state index is 5.79. The van der Waals surface area contributed by atoms with E-state index >= 15 is 0 Å². The summed E-state index contributed by atoms with van der Waals surface area (Å²) in [5, 5.41) is 3.26. The van der Waals surface area contributed by atoms with Crippen LogP contribution in [0.5, 0.6) is 0 Å². The highest BCUT2D eigenvalue weighted by Crippen LogP contribution is 2.20. The van der Waals surface area contributed by atoms with Crippen molar-refractivity contribution >= 4 is 29.3 Å². The number of aromatic nitrogens is 2. The SMILES string of the molecule is CCCNc1cc(N(C)C(CC)CSC)nc(N)n1. The average molecular weight is 283 g/mol. The van der Waals surface area contributed by atoms with Crippen LogP contribution in [0.25, 0.3) is 0 Å². The number of thioether (sulfide) groups is 1. The fourth-order valence-electron chi connectivity index (χ4n) is 1.86. The molecule has 5 nitrogen and oxygen atoms in total. The molecule has 1 atom stereocenters. The summed E-state index contributed by atoms with van der Waals surface area (Å²) in [6.45, 7) is 5.20. The van der Waals surface area contributed by atoms with Gasteiger partial charge in [-0.3, -0.25) is 0 Å². The first kappa shape index (κ1) is 15.9. The van der Waals surface area contributed by atoms with Crippen LogP contribution in [0.2, 0.25) is 0 Å². The summed E-state index contributed by atoms with van der Waals surface area (Å²) in [4.78, 5) is 10.7. The monoisotopic (exact) mass is 283 g/mol. The number of nitrogens with zero attached hydrogens (tertiary/aromatic N) is 3. The molecule has 1 unspecified atom stereocenters. The number of hydrogen-bond acceptors (Lipinski definition) is 6. The van der Waals surface area contributed by atoms with Crippen molar-refractivity contribution < 1.29 is 0 Å². The van der Waals surface area contributed by atoms with Crippen LogP contribution in [0, 0.1) is 0 Å². The van der Waals surface area contributed by atoms with Gasteiger partial charge in [-0.25, -0.2) is 0 Å². The second-order valence-corrected chi connectivity index (χ2v) is 5.44. The number of nitrogens with two attached hydrogens (primary N) is 1. The first-order valence-electron chi connectivity index (χ1n) is 6.72. The number of hydrogen-bond donors (Lipinski definition) is 2. The molecule has 0 fully saturated rings. The quantitative estimate of drug-likeness (QED) is 0.764. The second-order valence-electron chi connectivity index (χ2n) is 4.52. The summed E-state index contributed by atoms with van der Waals surface area (Å²) in [7, 11) is 2.07. The summed E-state index contributed by atoms with van der Waals surface area (Å²) in [5.41, 5.74) is 5.79. The van der Waals surface area contributed by atoms with Gasteiger partial charge in [0.2, 0.25) is 5.95 Å². The Morgan fingerprint density at radius 1 is 1.42 bits per heavy atom. The van der Waals surface area contributed by atoms with E-state index in [1.54, 1.807) is 0 Å². The number of nitrogen functional groups attached to an aromatic ring is 1. The van der Waals surface area contributed by atoms with E-state index in [4.69, 9.17) is 5.73 Å². The van der Waals surface area contributed by atoms with Gasteiger partial charge >= 0.3 is 0 Å². The van der Waals surface area contributed by atoms with E-state index in [0.29, 0.717) is 12.0 Å². The minimum absolute atomic E-state index is 0.321. The van der Waals surface area contributed by atoms with Crippen molar-refractivity contribution in [2.75, 3.05) is 41.6 Å². The molecule has 1 aromatic rings. The lowest BCUT2D eigenvalue weighted by atomic mass is 10.2. The minimum atomic E-state index is 0.321. The Morgan fingerprint density at radius 3 is 2.74 bits per heavy atom. The van der Waals surface area contributed by atoms with E-state index < -0.39 is 0 Å². The Labute approximate surface area is 120 Å². The normalized spacial score (nSPS) is 12.2. The van der Waals surface area contributed by atoms with Gasteiger partial charge in [-0.05, 0) is 19.1 Å². The Kier molecular flexibility index (Phi) is 6.77. The fourth-order valence-corrected chi connectivity index (χ4v) is 2.70. The first-order chi connectivity index (χ1) is 9.12. The van der Waals surface area contributed by atoms with E-state index in [1.807, 2.05) is 17.8 Å². The molecule has 3 N–H and O–H groups in total. The van der Waals surface area contributed by atoms with Crippen LogP contribution in [0.15, 0.2) is 6.07 Å². The van der Waals surface area contributed by atoms with Crippen LogP contribution >= 0.6 is 11.8 Å². The van der Waals surface area contributed by atoms with E-state index in [0.717, 1.165) is 36.8 Å². The van der Waals surface area contributed by atoms with Crippen molar-refractivity contribution in [1.82, 2.24) is 9.97 Å². The topological polar surface area (TPSA) is 67.1 Å². The van der Waals surface area contributed by atoms with E-state index in [2.05, 4.69) is 47.3 Å². The molecule has 0 aliphatic rings. The Balaban J connectivity index is 2.88. The van der Waals surface area contributed by atoms with Crippen molar-refractivity contribution in [3.63, 3.8) is 0 Å². The van der Waals surface area contributed by atoms with E-state index in [9.17, 15) is 0 Å². The predicted octanol–water partition coefficient (Wildman–Crippen LogP) is 2.46. The second kappa shape index (κ2) is 8.09. The fraction of sp³-hybridized carbons (Fsp3) is 0.692. The average Bonchev–Trinajstić information content (AvgIpc) is 2.41. The van der Waals surface area contributed by atoms with Gasteiger partial charge in [0.1, 0.15) is 11.6 Å². The Bertz CT molecular complexity index is 385. The highest BCUT2D eigenvalue weighted by atomic mass is 32.2. The minimum Gasteiger partial charge on any atom is -0.370 e. The third kappa shape index (κ3) is 4.78. The van der Waals surface area contributed by atoms with Crippen LogP contribution in [0.4, 0.5) is 17.6 Å². The predicted molar refractivity (Wildman–Crippen MR) is 86.1 cm³/mol. The van der Waals surface area contributed by atoms with Crippen molar-refractivity contribution in [2.24, 2.45) is 0 Å². The van der Waals surface area contributed by atoms with Crippen LogP contribution in [0.1, 0.15) is 26.7 Å². The summed E-state index contributed by atoms with van der Waals surface area (Å²) in [5.74, 6) is 3.08. The summed E-state index contributed by atoms with van der Waals surface area (Å²) < 4.78 is 0.